The number of carbonyl (C=O) groups excluding carboxylic acids is 1. The van der Waals surface area contributed by atoms with E-state index in [2.05, 4.69) is 57.3 Å². The molecule has 0 spiro atoms. The molecule has 0 aliphatic heterocycles. The highest BCUT2D eigenvalue weighted by Crippen LogP contribution is 2.29. The van der Waals surface area contributed by atoms with Crippen LogP contribution in [0.5, 0.6) is 0 Å². The summed E-state index contributed by atoms with van der Waals surface area (Å²) < 4.78 is 0. The summed E-state index contributed by atoms with van der Waals surface area (Å²) in [6.07, 6.45) is 0. The quantitative estimate of drug-likeness (QED) is 0.497. The maximum atomic E-state index is 13.5. The van der Waals surface area contributed by atoms with Gasteiger partial charge in [-0.15, -0.1) is 0 Å². The molecule has 2 nitrogen and oxygen atoms in total. The van der Waals surface area contributed by atoms with Gasteiger partial charge in [-0.25, -0.2) is 0 Å². The molecule has 150 valence electrons. The van der Waals surface area contributed by atoms with E-state index in [0.717, 1.165) is 16.7 Å². The molecule has 0 radical (unpaired) electrons. The van der Waals surface area contributed by atoms with Crippen LogP contribution in [0.4, 0.5) is 0 Å². The zero-order chi connectivity index (χ0) is 20.8. The summed E-state index contributed by atoms with van der Waals surface area (Å²) in [6.45, 7) is 8.70. The average molecular weight is 386 g/mol. The van der Waals surface area contributed by atoms with Crippen molar-refractivity contribution in [2.24, 2.45) is 5.92 Å². The lowest BCUT2D eigenvalue weighted by Crippen LogP contribution is -2.35. The van der Waals surface area contributed by atoms with Gasteiger partial charge in [0.15, 0.2) is 0 Å². The molecule has 1 N–H and O–H groups in total. The molecule has 0 heterocycles. The monoisotopic (exact) mass is 385 g/mol. The van der Waals surface area contributed by atoms with Gasteiger partial charge in [0, 0.05) is 0 Å². The van der Waals surface area contributed by atoms with E-state index in [1.165, 1.54) is 5.56 Å². The van der Waals surface area contributed by atoms with E-state index in [9.17, 15) is 4.79 Å². The minimum atomic E-state index is -0.325. The summed E-state index contributed by atoms with van der Waals surface area (Å²) in [7, 11) is 0. The number of hydrogen-bond donors (Lipinski definition) is 1. The molecule has 0 aliphatic carbocycles. The van der Waals surface area contributed by atoms with Gasteiger partial charge in [-0.1, -0.05) is 113 Å². The minimum absolute atomic E-state index is 0.0290. The molecule has 3 aromatic carbocycles. The van der Waals surface area contributed by atoms with Crippen LogP contribution in [0.3, 0.4) is 0 Å². The van der Waals surface area contributed by atoms with Crippen molar-refractivity contribution in [1.82, 2.24) is 5.32 Å². The summed E-state index contributed by atoms with van der Waals surface area (Å²) in [5.41, 5.74) is 4.48. The second-order valence-electron chi connectivity index (χ2n) is 8.31. The van der Waals surface area contributed by atoms with Gasteiger partial charge in [0.25, 0.3) is 0 Å². The highest BCUT2D eigenvalue weighted by molar-refractivity contribution is 5.87. The van der Waals surface area contributed by atoms with Crippen LogP contribution in [0.15, 0.2) is 84.9 Å². The molecule has 1 atom stereocenters. The first-order chi connectivity index (χ1) is 14.0. The van der Waals surface area contributed by atoms with E-state index in [0.29, 0.717) is 5.92 Å². The van der Waals surface area contributed by atoms with Gasteiger partial charge in [0.05, 0.1) is 12.0 Å². The van der Waals surface area contributed by atoms with Crippen molar-refractivity contribution in [1.29, 1.82) is 0 Å². The molecule has 0 bridgehead atoms. The maximum Gasteiger partial charge on any atom is 0.232 e. The van der Waals surface area contributed by atoms with Crippen LogP contribution in [-0.2, 0) is 4.79 Å². The van der Waals surface area contributed by atoms with E-state index in [1.54, 1.807) is 0 Å². The fraction of sp³-hybridized carbons (Fsp3) is 0.296. The van der Waals surface area contributed by atoms with Crippen LogP contribution in [0.1, 0.15) is 67.8 Å². The first kappa shape index (κ1) is 20.9. The van der Waals surface area contributed by atoms with Crippen molar-refractivity contribution < 1.29 is 4.79 Å². The van der Waals surface area contributed by atoms with E-state index < -0.39 is 0 Å². The Kier molecular flexibility index (Phi) is 6.87. The number of carbonyl (C=O) groups is 1. The first-order valence-corrected chi connectivity index (χ1v) is 10.5. The highest BCUT2D eigenvalue weighted by Gasteiger charge is 2.26. The lowest BCUT2D eigenvalue weighted by atomic mass is 9.88. The minimum Gasteiger partial charge on any atom is -0.348 e. The third-order valence-corrected chi connectivity index (χ3v) is 5.45. The fourth-order valence-electron chi connectivity index (χ4n) is 3.75. The van der Waals surface area contributed by atoms with Gasteiger partial charge in [-0.3, -0.25) is 4.79 Å². The predicted octanol–water partition coefficient (Wildman–Crippen LogP) is 6.46. The van der Waals surface area contributed by atoms with E-state index in [1.807, 2.05) is 60.7 Å². The number of hydrogen-bond acceptors (Lipinski definition) is 1. The molecule has 0 fully saturated rings. The Morgan fingerprint density at radius 3 is 1.48 bits per heavy atom. The largest absolute Gasteiger partial charge is 0.348 e. The number of rotatable bonds is 7. The fourth-order valence-corrected chi connectivity index (χ4v) is 3.75. The Balaban J connectivity index is 1.90. The van der Waals surface area contributed by atoms with Gasteiger partial charge in [0.1, 0.15) is 0 Å². The van der Waals surface area contributed by atoms with Crippen LogP contribution in [-0.4, -0.2) is 5.91 Å². The zero-order valence-corrected chi connectivity index (χ0v) is 17.8. The Morgan fingerprint density at radius 2 is 1.07 bits per heavy atom. The standard InChI is InChI=1S/C27H31NO/c1-19(2)21-15-17-24(18-16-21)26(20(3)4)28-27(29)25(22-11-7-5-8-12-22)23-13-9-6-10-14-23/h5-20,25-26H,1-4H3,(H,28,29)/t26-/m0/s1. The zero-order valence-electron chi connectivity index (χ0n) is 17.8. The molecular weight excluding hydrogens is 354 g/mol. The Bertz CT molecular complexity index is 859. The van der Waals surface area contributed by atoms with Gasteiger partial charge in [-0.05, 0) is 34.1 Å². The number of benzene rings is 3. The van der Waals surface area contributed by atoms with Crippen LogP contribution in [0.2, 0.25) is 0 Å². The normalized spacial score (nSPS) is 12.4. The molecule has 3 rings (SSSR count). The summed E-state index contributed by atoms with van der Waals surface area (Å²) in [4.78, 5) is 13.5. The lowest BCUT2D eigenvalue weighted by Gasteiger charge is -2.27. The Hall–Kier alpha value is -2.87. The van der Waals surface area contributed by atoms with E-state index >= 15 is 0 Å². The maximum absolute atomic E-state index is 13.5. The molecule has 0 aliphatic rings. The van der Waals surface area contributed by atoms with Gasteiger partial charge >= 0.3 is 0 Å². The van der Waals surface area contributed by atoms with Gasteiger partial charge < -0.3 is 5.32 Å². The molecule has 0 saturated heterocycles. The molecule has 2 heteroatoms. The topological polar surface area (TPSA) is 29.1 Å². The second kappa shape index (κ2) is 9.56. The van der Waals surface area contributed by atoms with Gasteiger partial charge in [0.2, 0.25) is 5.91 Å². The van der Waals surface area contributed by atoms with Crippen LogP contribution >= 0.6 is 0 Å². The summed E-state index contributed by atoms with van der Waals surface area (Å²) >= 11 is 0. The molecular formula is C27H31NO. The first-order valence-electron chi connectivity index (χ1n) is 10.5. The van der Waals surface area contributed by atoms with Crippen LogP contribution < -0.4 is 5.32 Å². The Morgan fingerprint density at radius 1 is 0.621 bits per heavy atom. The third kappa shape index (κ3) is 5.14. The summed E-state index contributed by atoms with van der Waals surface area (Å²) in [5.74, 6) is 0.496. The smallest absolute Gasteiger partial charge is 0.232 e. The average Bonchev–Trinajstić information content (AvgIpc) is 2.73. The van der Waals surface area contributed by atoms with Crippen molar-refractivity contribution in [3.8, 4) is 0 Å². The molecule has 29 heavy (non-hydrogen) atoms. The van der Waals surface area contributed by atoms with Crippen molar-refractivity contribution >= 4 is 5.91 Å². The summed E-state index contributed by atoms with van der Waals surface area (Å²) in [5, 5.41) is 3.34. The molecule has 0 unspecified atom stereocenters. The number of nitrogens with one attached hydrogen (secondary N) is 1. The van der Waals surface area contributed by atoms with Crippen LogP contribution in [0.25, 0.3) is 0 Å². The van der Waals surface area contributed by atoms with Crippen LogP contribution in [0, 0.1) is 5.92 Å². The SMILES string of the molecule is CC(C)c1ccc([C@@H](NC(=O)C(c2ccccc2)c2ccccc2)C(C)C)cc1. The van der Waals surface area contributed by atoms with Gasteiger partial charge in [-0.2, -0.15) is 0 Å². The van der Waals surface area contributed by atoms with Crippen molar-refractivity contribution in [3.05, 3.63) is 107 Å². The second-order valence-corrected chi connectivity index (χ2v) is 8.31. The highest BCUT2D eigenvalue weighted by atomic mass is 16.1. The predicted molar refractivity (Wildman–Crippen MR) is 121 cm³/mol. The van der Waals surface area contributed by atoms with Crippen molar-refractivity contribution in [3.63, 3.8) is 0 Å². The third-order valence-electron chi connectivity index (χ3n) is 5.45. The van der Waals surface area contributed by atoms with Crippen molar-refractivity contribution in [2.45, 2.75) is 45.6 Å². The molecule has 3 aromatic rings. The van der Waals surface area contributed by atoms with Crippen molar-refractivity contribution in [2.75, 3.05) is 0 Å². The lowest BCUT2D eigenvalue weighted by molar-refractivity contribution is -0.122. The molecule has 1 amide bonds. The Labute approximate surface area is 175 Å². The summed E-state index contributed by atoms with van der Waals surface area (Å²) in [6, 6.07) is 28.7. The van der Waals surface area contributed by atoms with E-state index in [4.69, 9.17) is 0 Å². The molecule has 0 saturated carbocycles. The number of amides is 1. The molecule has 0 aromatic heterocycles. The van der Waals surface area contributed by atoms with E-state index in [-0.39, 0.29) is 23.8 Å².